The number of nitrogens with zero attached hydrogens (tertiary/aromatic N) is 2. The number of aromatic nitrogens is 1. The molecule has 3 saturated heterocycles. The van der Waals surface area contributed by atoms with Crippen molar-refractivity contribution in [1.29, 1.82) is 0 Å². The number of benzene rings is 3. The number of aromatic amines is 1. The van der Waals surface area contributed by atoms with E-state index in [1.54, 1.807) is 17.0 Å². The summed E-state index contributed by atoms with van der Waals surface area (Å²) in [4.78, 5) is 31.2. The average molecular weight is 669 g/mol. The Bertz CT molecular complexity index is 1740. The highest BCUT2D eigenvalue weighted by molar-refractivity contribution is 5.88. The maximum Gasteiger partial charge on any atom is 0.412 e. The highest BCUT2D eigenvalue weighted by atomic mass is 16.5. The van der Waals surface area contributed by atoms with Crippen molar-refractivity contribution in [1.82, 2.24) is 15.2 Å². The zero-order valence-electron chi connectivity index (χ0n) is 28.0. The van der Waals surface area contributed by atoms with Crippen LogP contribution in [0.5, 0.6) is 11.5 Å². The molecule has 3 aliphatic heterocycles. The smallest absolute Gasteiger partial charge is 0.412 e. The number of rotatable bonds is 16. The Balaban J connectivity index is 0.945. The number of carboxylic acid groups (broad SMARTS) is 1. The Morgan fingerprint density at radius 3 is 2.49 bits per heavy atom. The van der Waals surface area contributed by atoms with Crippen LogP contribution in [-0.2, 0) is 0 Å². The van der Waals surface area contributed by atoms with Crippen LogP contribution in [0.2, 0.25) is 0 Å². The molecule has 4 heterocycles. The second-order valence-corrected chi connectivity index (χ2v) is 13.4. The van der Waals surface area contributed by atoms with Crippen LogP contribution in [0.1, 0.15) is 68.2 Å². The number of hydrogen-bond acceptors (Lipinski definition) is 7. The minimum absolute atomic E-state index is 0.0211. The Labute approximate surface area is 287 Å². The summed E-state index contributed by atoms with van der Waals surface area (Å²) in [7, 11) is 0. The number of aromatic hydroxyl groups is 1. The van der Waals surface area contributed by atoms with Crippen molar-refractivity contribution < 1.29 is 24.9 Å². The van der Waals surface area contributed by atoms with Crippen LogP contribution in [0, 0.1) is 11.8 Å². The van der Waals surface area contributed by atoms with Crippen molar-refractivity contribution in [2.24, 2.45) is 11.8 Å². The lowest BCUT2D eigenvalue weighted by Gasteiger charge is -2.49. The molecule has 260 valence electrons. The highest BCUT2D eigenvalue weighted by Crippen LogP contribution is 2.44. The number of H-pyrrole nitrogens is 1. The molecule has 1 amide bonds. The Hall–Kier alpha value is -4.38. The molecule has 10 heteroatoms. The fourth-order valence-electron chi connectivity index (χ4n) is 7.69. The standard InChI is InChI=1S/C39H48N4O6/c44-34-16-14-31(32-15-17-36(46)41-37(32)34)35(45)25-40-20-7-2-1-3-8-23-49-30-13-9-12-29(24-30)43(39(47)48)38(28-10-5-4-6-11-28)33-26-42-21-18-27(33)19-22-42/h4-6,9-17,24,27,33,35,38,40,44-45H,1-3,7-8,18-23,25-26H2,(H,41,46)(H,47,48)/t33?,35-,38-/m0/s1. The van der Waals surface area contributed by atoms with E-state index in [9.17, 15) is 24.9 Å². The molecule has 3 aromatic carbocycles. The number of carbonyl (C=O) groups is 1. The van der Waals surface area contributed by atoms with Gasteiger partial charge in [-0.1, -0.05) is 61.7 Å². The number of fused-ring (bicyclic) bond motifs is 4. The maximum atomic E-state index is 12.9. The van der Waals surface area contributed by atoms with Crippen molar-refractivity contribution in [2.45, 2.75) is 57.1 Å². The van der Waals surface area contributed by atoms with Crippen molar-refractivity contribution in [3.05, 3.63) is 100 Å². The minimum atomic E-state index is -0.946. The molecular formula is C39H48N4O6. The van der Waals surface area contributed by atoms with Gasteiger partial charge in [0.2, 0.25) is 5.56 Å². The third kappa shape index (κ3) is 8.44. The number of unbranched alkanes of at least 4 members (excludes halogenated alkanes) is 4. The number of hydrogen-bond donors (Lipinski definition) is 5. The first-order chi connectivity index (χ1) is 23.9. The summed E-state index contributed by atoms with van der Waals surface area (Å²) in [6.45, 7) is 4.84. The summed E-state index contributed by atoms with van der Waals surface area (Å²) in [5.74, 6) is 1.41. The van der Waals surface area contributed by atoms with Gasteiger partial charge in [0.25, 0.3) is 0 Å². The van der Waals surface area contributed by atoms with Gasteiger partial charge in [0.1, 0.15) is 11.5 Å². The Kier molecular flexibility index (Phi) is 11.5. The van der Waals surface area contributed by atoms with E-state index in [4.69, 9.17) is 4.74 Å². The summed E-state index contributed by atoms with van der Waals surface area (Å²) >= 11 is 0. The SMILES string of the molecule is O=C(O)N(c1cccc(OCCCCCCCNC[C@H](O)c2ccc(O)c3[nH]c(=O)ccc23)c1)[C@@H](c1ccccc1)C1CN2CCC1CC2. The number of phenols is 1. The van der Waals surface area contributed by atoms with E-state index in [0.717, 1.165) is 76.7 Å². The number of pyridine rings is 1. The molecule has 5 N–H and O–H groups in total. The number of aliphatic hydroxyl groups is 1. The van der Waals surface area contributed by atoms with Gasteiger partial charge >= 0.3 is 6.09 Å². The summed E-state index contributed by atoms with van der Waals surface area (Å²) in [5.41, 5.74) is 2.36. The van der Waals surface area contributed by atoms with Crippen LogP contribution in [0.15, 0.2) is 83.7 Å². The minimum Gasteiger partial charge on any atom is -0.506 e. The van der Waals surface area contributed by atoms with E-state index >= 15 is 0 Å². The summed E-state index contributed by atoms with van der Waals surface area (Å²) in [6.07, 6.45) is 5.55. The van der Waals surface area contributed by atoms with Gasteiger partial charge < -0.3 is 35.3 Å². The maximum absolute atomic E-state index is 12.9. The van der Waals surface area contributed by atoms with E-state index in [0.29, 0.717) is 47.0 Å². The van der Waals surface area contributed by atoms with Crippen molar-refractivity contribution >= 4 is 22.7 Å². The van der Waals surface area contributed by atoms with E-state index in [2.05, 4.69) is 27.3 Å². The average Bonchev–Trinajstić information content (AvgIpc) is 3.12. The molecule has 3 atom stereocenters. The molecular weight excluding hydrogens is 620 g/mol. The largest absolute Gasteiger partial charge is 0.506 e. The zero-order valence-corrected chi connectivity index (χ0v) is 28.0. The number of piperidine rings is 3. The van der Waals surface area contributed by atoms with E-state index < -0.39 is 12.2 Å². The first-order valence-corrected chi connectivity index (χ1v) is 17.6. The van der Waals surface area contributed by atoms with Gasteiger partial charge in [-0.25, -0.2) is 4.79 Å². The van der Waals surface area contributed by atoms with E-state index in [1.807, 2.05) is 42.5 Å². The van der Waals surface area contributed by atoms with Crippen LogP contribution < -0.4 is 20.5 Å². The molecule has 2 bridgehead atoms. The predicted octanol–water partition coefficient (Wildman–Crippen LogP) is 6.45. The van der Waals surface area contributed by atoms with Crippen molar-refractivity contribution in [2.75, 3.05) is 44.2 Å². The lowest BCUT2D eigenvalue weighted by atomic mass is 9.73. The van der Waals surface area contributed by atoms with Gasteiger partial charge in [-0.05, 0) is 92.5 Å². The number of phenolic OH excluding ortho intramolecular Hbond substituents is 1. The number of ether oxygens (including phenoxy) is 1. The van der Waals surface area contributed by atoms with Gasteiger partial charge in [-0.15, -0.1) is 0 Å². The molecule has 7 rings (SSSR count). The number of amides is 1. The zero-order chi connectivity index (χ0) is 34.2. The second-order valence-electron chi connectivity index (χ2n) is 13.4. The first kappa shape index (κ1) is 34.5. The Morgan fingerprint density at radius 2 is 1.73 bits per heavy atom. The topological polar surface area (TPSA) is 138 Å². The molecule has 1 unspecified atom stereocenters. The molecule has 1 aromatic heterocycles. The summed E-state index contributed by atoms with van der Waals surface area (Å²) in [6, 6.07) is 23.5. The number of nitrogens with one attached hydrogen (secondary N) is 2. The molecule has 0 saturated carbocycles. The van der Waals surface area contributed by atoms with Gasteiger partial charge in [0.15, 0.2) is 0 Å². The highest BCUT2D eigenvalue weighted by Gasteiger charge is 2.43. The molecule has 3 fully saturated rings. The van der Waals surface area contributed by atoms with E-state index in [1.165, 1.54) is 12.1 Å². The monoisotopic (exact) mass is 668 g/mol. The molecule has 3 aliphatic rings. The summed E-state index contributed by atoms with van der Waals surface area (Å²) in [5, 5.41) is 35.3. The van der Waals surface area contributed by atoms with E-state index in [-0.39, 0.29) is 23.3 Å². The van der Waals surface area contributed by atoms with Crippen molar-refractivity contribution in [3.8, 4) is 11.5 Å². The number of aliphatic hydroxyl groups excluding tert-OH is 1. The van der Waals surface area contributed by atoms with Crippen LogP contribution >= 0.6 is 0 Å². The molecule has 49 heavy (non-hydrogen) atoms. The third-order valence-corrected chi connectivity index (χ3v) is 10.2. The van der Waals surface area contributed by atoms with Crippen LogP contribution in [0.3, 0.4) is 0 Å². The van der Waals surface area contributed by atoms with Gasteiger partial charge in [0.05, 0.1) is 30.0 Å². The molecule has 4 aromatic rings. The molecule has 0 radical (unpaired) electrons. The lowest BCUT2D eigenvalue weighted by molar-refractivity contribution is 0.0358. The second kappa shape index (κ2) is 16.3. The van der Waals surface area contributed by atoms with Crippen LogP contribution in [0.4, 0.5) is 10.5 Å². The van der Waals surface area contributed by atoms with Gasteiger partial charge in [0, 0.05) is 30.6 Å². The van der Waals surface area contributed by atoms with Gasteiger partial charge in [-0.2, -0.15) is 0 Å². The fraction of sp³-hybridized carbons (Fsp3) is 0.436. The van der Waals surface area contributed by atoms with Crippen molar-refractivity contribution in [3.63, 3.8) is 0 Å². The first-order valence-electron chi connectivity index (χ1n) is 17.6. The predicted molar refractivity (Wildman–Crippen MR) is 191 cm³/mol. The van der Waals surface area contributed by atoms with Crippen LogP contribution in [0.25, 0.3) is 10.9 Å². The molecule has 10 nitrogen and oxygen atoms in total. The van der Waals surface area contributed by atoms with Crippen LogP contribution in [-0.4, -0.2) is 70.6 Å². The lowest BCUT2D eigenvalue weighted by Crippen LogP contribution is -2.53. The Morgan fingerprint density at radius 1 is 0.959 bits per heavy atom. The molecule has 0 aliphatic carbocycles. The fourth-order valence-corrected chi connectivity index (χ4v) is 7.69. The quantitative estimate of drug-likeness (QED) is 0.0859. The normalized spacial score (nSPS) is 19.8. The summed E-state index contributed by atoms with van der Waals surface area (Å²) < 4.78 is 6.11. The molecule has 0 spiro atoms. The number of anilines is 1. The van der Waals surface area contributed by atoms with Gasteiger partial charge in [-0.3, -0.25) is 9.69 Å². The third-order valence-electron chi connectivity index (χ3n) is 10.2.